The number of carboxylic acids is 1. The number of nitrogens with zero attached hydrogens (tertiary/aromatic N) is 3. The fourth-order valence-corrected chi connectivity index (χ4v) is 1.05. The molecule has 0 spiro atoms. The third-order valence-corrected chi connectivity index (χ3v) is 2.14. The van der Waals surface area contributed by atoms with Crippen molar-refractivity contribution < 1.29 is 9.90 Å². The molecular formula is C11H11N3O2. The Hall–Kier alpha value is -2.22. The second-order valence-electron chi connectivity index (χ2n) is 3.17. The predicted molar refractivity (Wildman–Crippen MR) is 57.2 cm³/mol. The van der Waals surface area contributed by atoms with Crippen LogP contribution in [0.4, 0.5) is 5.69 Å². The molecule has 0 amide bonds. The van der Waals surface area contributed by atoms with Gasteiger partial charge in [0.2, 0.25) is 0 Å². The zero-order valence-electron chi connectivity index (χ0n) is 8.79. The average Bonchev–Trinajstić information content (AvgIpc) is 2.32. The summed E-state index contributed by atoms with van der Waals surface area (Å²) in [6, 6.07) is 10.4. The van der Waals surface area contributed by atoms with E-state index in [1.807, 2.05) is 6.07 Å². The molecule has 0 saturated heterocycles. The summed E-state index contributed by atoms with van der Waals surface area (Å²) in [6.45, 7) is 1.58. The maximum atomic E-state index is 10.9. The molecule has 0 aliphatic heterocycles. The first kappa shape index (κ1) is 11.9. The van der Waals surface area contributed by atoms with Crippen LogP contribution in [0, 0.1) is 11.3 Å². The highest BCUT2D eigenvalue weighted by Crippen LogP contribution is 2.19. The molecule has 1 N–H and O–H groups in total. The van der Waals surface area contributed by atoms with Gasteiger partial charge in [0.05, 0.1) is 5.69 Å². The number of azo groups is 1. The van der Waals surface area contributed by atoms with Crippen molar-refractivity contribution in [3.05, 3.63) is 30.3 Å². The van der Waals surface area contributed by atoms with Crippen LogP contribution < -0.4 is 0 Å². The van der Waals surface area contributed by atoms with Gasteiger partial charge in [-0.2, -0.15) is 15.5 Å². The molecular weight excluding hydrogens is 206 g/mol. The van der Waals surface area contributed by atoms with Crippen LogP contribution in [-0.2, 0) is 4.79 Å². The number of hydrogen-bond donors (Lipinski definition) is 1. The molecule has 1 aromatic carbocycles. The summed E-state index contributed by atoms with van der Waals surface area (Å²) in [7, 11) is 0. The zero-order valence-corrected chi connectivity index (χ0v) is 8.79. The van der Waals surface area contributed by atoms with E-state index in [4.69, 9.17) is 10.4 Å². The lowest BCUT2D eigenvalue weighted by Gasteiger charge is -2.11. The maximum Gasteiger partial charge on any atom is 0.348 e. The Labute approximate surface area is 93.1 Å². The molecule has 1 aromatic rings. The first-order valence-electron chi connectivity index (χ1n) is 4.77. The molecule has 1 unspecified atom stereocenters. The molecule has 0 heterocycles. The summed E-state index contributed by atoms with van der Waals surface area (Å²) in [4.78, 5) is 10.9. The van der Waals surface area contributed by atoms with Crippen LogP contribution in [0.15, 0.2) is 40.6 Å². The molecule has 5 nitrogen and oxygen atoms in total. The predicted octanol–water partition coefficient (Wildman–Crippen LogP) is 2.53. The quantitative estimate of drug-likeness (QED) is 0.786. The highest BCUT2D eigenvalue weighted by atomic mass is 16.4. The second kappa shape index (κ2) is 5.03. The normalized spacial score (nSPS) is 14.2. The van der Waals surface area contributed by atoms with Gasteiger partial charge in [-0.15, -0.1) is 0 Å². The van der Waals surface area contributed by atoms with Crippen molar-refractivity contribution in [3.8, 4) is 6.07 Å². The van der Waals surface area contributed by atoms with E-state index in [1.54, 1.807) is 37.3 Å². The zero-order chi connectivity index (χ0) is 12.0. The van der Waals surface area contributed by atoms with E-state index in [0.717, 1.165) is 0 Å². The Kier molecular flexibility index (Phi) is 3.72. The summed E-state index contributed by atoms with van der Waals surface area (Å²) in [6.07, 6.45) is 0.0785. The van der Waals surface area contributed by atoms with Gasteiger partial charge in [-0.1, -0.05) is 25.1 Å². The SMILES string of the molecule is CCC(C#N)(/N=N/c1ccccc1)C(=O)O. The Balaban J connectivity index is 2.98. The van der Waals surface area contributed by atoms with Crippen LogP contribution in [0.3, 0.4) is 0 Å². The van der Waals surface area contributed by atoms with Crippen molar-refractivity contribution >= 4 is 11.7 Å². The second-order valence-corrected chi connectivity index (χ2v) is 3.17. The number of carbonyl (C=O) groups is 1. The summed E-state index contributed by atoms with van der Waals surface area (Å²) >= 11 is 0. The van der Waals surface area contributed by atoms with Gasteiger partial charge >= 0.3 is 5.97 Å². The largest absolute Gasteiger partial charge is 0.479 e. The van der Waals surface area contributed by atoms with Gasteiger partial charge in [-0.25, -0.2) is 4.79 Å². The van der Waals surface area contributed by atoms with Crippen LogP contribution in [0.5, 0.6) is 0 Å². The highest BCUT2D eigenvalue weighted by Gasteiger charge is 2.37. The Morgan fingerprint density at radius 1 is 1.50 bits per heavy atom. The molecule has 0 radical (unpaired) electrons. The number of hydrogen-bond acceptors (Lipinski definition) is 4. The van der Waals surface area contributed by atoms with E-state index in [2.05, 4.69) is 10.2 Å². The molecule has 1 atom stereocenters. The monoisotopic (exact) mass is 217 g/mol. The highest BCUT2D eigenvalue weighted by molar-refractivity contribution is 5.82. The van der Waals surface area contributed by atoms with Gasteiger partial charge in [0.25, 0.3) is 5.54 Å². The number of aliphatic carboxylic acids is 1. The van der Waals surface area contributed by atoms with E-state index < -0.39 is 11.5 Å². The van der Waals surface area contributed by atoms with Gasteiger partial charge in [0, 0.05) is 0 Å². The summed E-state index contributed by atoms with van der Waals surface area (Å²) in [5.41, 5.74) is -1.26. The molecule has 0 fully saturated rings. The lowest BCUT2D eigenvalue weighted by Crippen LogP contribution is -2.33. The first-order valence-corrected chi connectivity index (χ1v) is 4.77. The molecule has 82 valence electrons. The minimum atomic E-state index is -1.78. The number of benzene rings is 1. The number of nitriles is 1. The third-order valence-electron chi connectivity index (χ3n) is 2.14. The standard InChI is InChI=1S/C11H11N3O2/c1-2-11(8-12,10(15)16)14-13-9-6-4-3-5-7-9/h3-7H,2H2,1H3,(H,15,16)/b14-13+. The van der Waals surface area contributed by atoms with Gasteiger partial charge < -0.3 is 5.11 Å². The molecule has 5 heteroatoms. The van der Waals surface area contributed by atoms with Crippen molar-refractivity contribution in [3.63, 3.8) is 0 Å². The molecule has 0 bridgehead atoms. The topological polar surface area (TPSA) is 85.8 Å². The smallest absolute Gasteiger partial charge is 0.348 e. The van der Waals surface area contributed by atoms with Crippen LogP contribution in [0.2, 0.25) is 0 Å². The van der Waals surface area contributed by atoms with Gasteiger partial charge in [-0.05, 0) is 18.6 Å². The number of carboxylic acid groups (broad SMARTS) is 1. The lowest BCUT2D eigenvalue weighted by atomic mass is 10.0. The van der Waals surface area contributed by atoms with E-state index in [9.17, 15) is 4.79 Å². The fourth-order valence-electron chi connectivity index (χ4n) is 1.05. The van der Waals surface area contributed by atoms with Crippen molar-refractivity contribution in [2.45, 2.75) is 18.9 Å². The molecule has 0 aliphatic carbocycles. The summed E-state index contributed by atoms with van der Waals surface area (Å²) < 4.78 is 0. The Bertz CT molecular complexity index is 436. The fraction of sp³-hybridized carbons (Fsp3) is 0.273. The minimum Gasteiger partial charge on any atom is -0.479 e. The Morgan fingerprint density at radius 2 is 2.12 bits per heavy atom. The summed E-state index contributed by atoms with van der Waals surface area (Å²) in [5.74, 6) is -1.28. The van der Waals surface area contributed by atoms with Crippen LogP contribution in [0.25, 0.3) is 0 Å². The molecule has 0 saturated carbocycles. The van der Waals surface area contributed by atoms with Crippen molar-refractivity contribution in [1.82, 2.24) is 0 Å². The van der Waals surface area contributed by atoms with Crippen LogP contribution >= 0.6 is 0 Å². The van der Waals surface area contributed by atoms with Crippen molar-refractivity contribution in [2.24, 2.45) is 10.2 Å². The Morgan fingerprint density at radius 3 is 2.56 bits per heavy atom. The van der Waals surface area contributed by atoms with Crippen LogP contribution in [-0.4, -0.2) is 16.6 Å². The van der Waals surface area contributed by atoms with Crippen molar-refractivity contribution in [1.29, 1.82) is 5.26 Å². The molecule has 0 aromatic heterocycles. The summed E-state index contributed by atoms with van der Waals surface area (Å²) in [5, 5.41) is 25.2. The van der Waals surface area contributed by atoms with E-state index >= 15 is 0 Å². The van der Waals surface area contributed by atoms with E-state index in [-0.39, 0.29) is 6.42 Å². The first-order chi connectivity index (χ1) is 7.64. The molecule has 1 rings (SSSR count). The third kappa shape index (κ3) is 2.42. The molecule has 0 aliphatic rings. The number of rotatable bonds is 4. The maximum absolute atomic E-state index is 10.9. The van der Waals surface area contributed by atoms with Crippen molar-refractivity contribution in [2.75, 3.05) is 0 Å². The van der Waals surface area contributed by atoms with E-state index in [0.29, 0.717) is 5.69 Å². The average molecular weight is 217 g/mol. The molecule has 16 heavy (non-hydrogen) atoms. The van der Waals surface area contributed by atoms with Gasteiger partial charge in [-0.3, -0.25) is 0 Å². The van der Waals surface area contributed by atoms with Gasteiger partial charge in [0.15, 0.2) is 0 Å². The lowest BCUT2D eigenvalue weighted by molar-refractivity contribution is -0.141. The van der Waals surface area contributed by atoms with Gasteiger partial charge in [0.1, 0.15) is 6.07 Å². The minimum absolute atomic E-state index is 0.0785. The van der Waals surface area contributed by atoms with E-state index in [1.165, 1.54) is 0 Å². The van der Waals surface area contributed by atoms with Crippen LogP contribution in [0.1, 0.15) is 13.3 Å².